The zero-order valence-electron chi connectivity index (χ0n) is 8.78. The molecule has 0 aliphatic carbocycles. The molecule has 0 fully saturated rings. The van der Waals surface area contributed by atoms with Gasteiger partial charge in [0.15, 0.2) is 0 Å². The zero-order chi connectivity index (χ0) is 10.4. The van der Waals surface area contributed by atoms with E-state index in [9.17, 15) is 0 Å². The van der Waals surface area contributed by atoms with Gasteiger partial charge in [0.05, 0.1) is 0 Å². The summed E-state index contributed by atoms with van der Waals surface area (Å²) < 4.78 is 0. The molecule has 1 aromatic carbocycles. The summed E-state index contributed by atoms with van der Waals surface area (Å²) in [5, 5.41) is 4.80. The Labute approximate surface area is 89.3 Å². The van der Waals surface area contributed by atoms with Crippen molar-refractivity contribution in [2.24, 2.45) is 5.16 Å². The summed E-state index contributed by atoms with van der Waals surface area (Å²) >= 11 is 1.64. The van der Waals surface area contributed by atoms with Crippen LogP contribution in [0.1, 0.15) is 19.4 Å². The van der Waals surface area contributed by atoms with Crippen LogP contribution in [-0.4, -0.2) is 12.2 Å². The average molecular weight is 209 g/mol. The Hall–Kier alpha value is -0.960. The number of hydrogen-bond donors (Lipinski definition) is 0. The van der Waals surface area contributed by atoms with Gasteiger partial charge in [-0.2, -0.15) is 0 Å². The second-order valence-corrected chi connectivity index (χ2v) is 4.09. The predicted octanol–water partition coefficient (Wildman–Crippen LogP) is 3.32. The first-order chi connectivity index (χ1) is 6.77. The molecule has 0 unspecified atom stereocenters. The fourth-order valence-corrected chi connectivity index (χ4v) is 2.12. The van der Waals surface area contributed by atoms with E-state index >= 15 is 0 Å². The lowest BCUT2D eigenvalue weighted by Crippen LogP contribution is -1.89. The van der Waals surface area contributed by atoms with E-state index in [1.165, 1.54) is 10.5 Å². The van der Waals surface area contributed by atoms with Crippen LogP contribution in [0.25, 0.3) is 0 Å². The molecule has 1 aromatic rings. The first-order valence-electron chi connectivity index (χ1n) is 4.61. The van der Waals surface area contributed by atoms with Crippen molar-refractivity contribution < 1.29 is 4.84 Å². The smallest absolute Gasteiger partial charge is 0.114 e. The minimum Gasteiger partial charge on any atom is -0.398 e. The van der Waals surface area contributed by atoms with Gasteiger partial charge in [-0.05, 0) is 25.0 Å². The maximum atomic E-state index is 4.72. The van der Waals surface area contributed by atoms with Crippen LogP contribution < -0.4 is 0 Å². The van der Waals surface area contributed by atoms with E-state index in [0.29, 0.717) is 0 Å². The third kappa shape index (κ3) is 3.07. The maximum Gasteiger partial charge on any atom is 0.114 e. The molecular formula is C11H15NOS. The van der Waals surface area contributed by atoms with E-state index in [0.717, 1.165) is 11.5 Å². The van der Waals surface area contributed by atoms with Crippen molar-refractivity contribution in [1.29, 1.82) is 0 Å². The molecule has 0 aromatic heterocycles. The summed E-state index contributed by atoms with van der Waals surface area (Å²) in [5.74, 6) is 0. The molecule has 0 radical (unpaired) electrons. The molecule has 0 amide bonds. The van der Waals surface area contributed by atoms with E-state index in [-0.39, 0.29) is 0 Å². The lowest BCUT2D eigenvalue weighted by molar-refractivity contribution is 0.214. The summed E-state index contributed by atoms with van der Waals surface area (Å²) in [5.41, 5.74) is 1.35. The highest BCUT2D eigenvalue weighted by atomic mass is 32.2. The molecule has 0 N–H and O–H groups in total. The van der Waals surface area contributed by atoms with Gasteiger partial charge < -0.3 is 4.84 Å². The topological polar surface area (TPSA) is 21.6 Å². The largest absolute Gasteiger partial charge is 0.398 e. The lowest BCUT2D eigenvalue weighted by Gasteiger charge is -2.05. The lowest BCUT2D eigenvalue weighted by atomic mass is 10.2. The number of nitrogens with zero attached hydrogens (tertiary/aromatic N) is 1. The molecular weight excluding hydrogens is 194 g/mol. The second kappa shape index (κ2) is 5.70. The van der Waals surface area contributed by atoms with E-state index in [1.54, 1.807) is 18.9 Å². The Kier molecular flexibility index (Phi) is 4.53. The molecule has 76 valence electrons. The Morgan fingerprint density at radius 2 is 2.14 bits per heavy atom. The van der Waals surface area contributed by atoms with Gasteiger partial charge in [0, 0.05) is 4.90 Å². The summed E-state index contributed by atoms with van der Waals surface area (Å²) in [4.78, 5) is 5.97. The van der Waals surface area contributed by atoms with Gasteiger partial charge in [0.1, 0.15) is 12.2 Å². The fourth-order valence-electron chi connectivity index (χ4n) is 1.20. The van der Waals surface area contributed by atoms with Gasteiger partial charge in [0.25, 0.3) is 0 Å². The first kappa shape index (κ1) is 11.1. The second-order valence-electron chi connectivity index (χ2n) is 2.86. The van der Waals surface area contributed by atoms with Gasteiger partial charge in [-0.15, -0.1) is 0 Å². The Morgan fingerprint density at radius 3 is 2.79 bits per heavy atom. The van der Waals surface area contributed by atoms with Gasteiger partial charge in [-0.25, -0.2) is 0 Å². The maximum absolute atomic E-state index is 4.72. The highest BCUT2D eigenvalue weighted by molar-refractivity contribution is 8.13. The van der Waals surface area contributed by atoms with Crippen LogP contribution >= 0.6 is 11.8 Å². The Balaban J connectivity index is 2.80. The summed E-state index contributed by atoms with van der Waals surface area (Å²) in [6.45, 7) is 4.10. The van der Waals surface area contributed by atoms with Crippen LogP contribution in [-0.2, 0) is 11.3 Å². The number of aryl methyl sites for hydroxylation is 1. The molecule has 1 rings (SSSR count). The van der Waals surface area contributed by atoms with Crippen LogP contribution in [0.4, 0.5) is 0 Å². The predicted molar refractivity (Wildman–Crippen MR) is 61.8 cm³/mol. The molecule has 0 aliphatic heterocycles. The van der Waals surface area contributed by atoms with Crippen molar-refractivity contribution in [3.05, 3.63) is 29.8 Å². The van der Waals surface area contributed by atoms with Crippen molar-refractivity contribution in [3.8, 4) is 0 Å². The van der Waals surface area contributed by atoms with Gasteiger partial charge >= 0.3 is 0 Å². The van der Waals surface area contributed by atoms with Crippen LogP contribution in [0, 0.1) is 0 Å². The molecule has 0 atom stereocenters. The number of benzene rings is 1. The quantitative estimate of drug-likeness (QED) is 0.329. The molecule has 0 bridgehead atoms. The number of thioether (sulfide) groups is 1. The van der Waals surface area contributed by atoms with Crippen molar-refractivity contribution in [2.45, 2.75) is 25.2 Å². The average Bonchev–Trinajstić information content (AvgIpc) is 2.19. The normalized spacial score (nSPS) is 11.5. The molecule has 0 aliphatic rings. The molecule has 14 heavy (non-hydrogen) atoms. The van der Waals surface area contributed by atoms with Crippen LogP contribution in [0.3, 0.4) is 0 Å². The van der Waals surface area contributed by atoms with Gasteiger partial charge in [0.2, 0.25) is 0 Å². The first-order valence-corrected chi connectivity index (χ1v) is 5.43. The van der Waals surface area contributed by atoms with Crippen molar-refractivity contribution in [1.82, 2.24) is 0 Å². The van der Waals surface area contributed by atoms with E-state index < -0.39 is 0 Å². The minimum absolute atomic E-state index is 0.924. The summed E-state index contributed by atoms with van der Waals surface area (Å²) in [7, 11) is 1.57. The standard InChI is InChI=1S/C11H15NOS/c1-4-10-7-5-6-8-11(10)14-9(2)12-13-3/h5-8H,4H2,1-3H3. The number of rotatable bonds is 3. The molecule has 0 spiro atoms. The zero-order valence-corrected chi connectivity index (χ0v) is 9.60. The molecule has 0 heterocycles. The van der Waals surface area contributed by atoms with Crippen LogP contribution in [0.15, 0.2) is 34.3 Å². The van der Waals surface area contributed by atoms with E-state index in [1.807, 2.05) is 13.0 Å². The van der Waals surface area contributed by atoms with Gasteiger partial charge in [-0.3, -0.25) is 0 Å². The molecule has 3 heteroatoms. The van der Waals surface area contributed by atoms with Crippen molar-refractivity contribution in [2.75, 3.05) is 7.11 Å². The molecule has 0 saturated heterocycles. The third-order valence-electron chi connectivity index (χ3n) is 1.83. The Bertz CT molecular complexity index is 323. The highest BCUT2D eigenvalue weighted by Crippen LogP contribution is 2.24. The summed E-state index contributed by atoms with van der Waals surface area (Å²) in [6, 6.07) is 8.36. The van der Waals surface area contributed by atoms with E-state index in [4.69, 9.17) is 4.84 Å². The molecule has 0 saturated carbocycles. The Morgan fingerprint density at radius 1 is 1.43 bits per heavy atom. The van der Waals surface area contributed by atoms with Gasteiger partial charge in [-0.1, -0.05) is 42.0 Å². The number of hydrogen-bond acceptors (Lipinski definition) is 3. The monoisotopic (exact) mass is 209 g/mol. The van der Waals surface area contributed by atoms with Crippen molar-refractivity contribution in [3.63, 3.8) is 0 Å². The van der Waals surface area contributed by atoms with E-state index in [2.05, 4.69) is 30.3 Å². The molecule has 2 nitrogen and oxygen atoms in total. The third-order valence-corrected chi connectivity index (χ3v) is 2.82. The fraction of sp³-hybridized carbons (Fsp3) is 0.364. The van der Waals surface area contributed by atoms with Crippen molar-refractivity contribution >= 4 is 16.8 Å². The highest BCUT2D eigenvalue weighted by Gasteiger charge is 2.02. The SMILES string of the molecule is CCc1ccccc1SC(C)=NOC. The van der Waals surface area contributed by atoms with Crippen LogP contribution in [0.5, 0.6) is 0 Å². The summed E-state index contributed by atoms with van der Waals surface area (Å²) in [6.07, 6.45) is 1.05. The minimum atomic E-state index is 0.924. The van der Waals surface area contributed by atoms with Crippen LogP contribution in [0.2, 0.25) is 0 Å². The number of oxime groups is 1.